The van der Waals surface area contributed by atoms with Crippen molar-refractivity contribution in [1.82, 2.24) is 0 Å². The molecule has 94 valence electrons. The minimum absolute atomic E-state index is 0.329. The van der Waals surface area contributed by atoms with Crippen LogP contribution in [0.4, 0.5) is 4.39 Å². The third-order valence-corrected chi connectivity index (χ3v) is 4.78. The first kappa shape index (κ1) is 14.5. The Morgan fingerprint density at radius 2 is 1.67 bits per heavy atom. The molecule has 0 aliphatic carbocycles. The van der Waals surface area contributed by atoms with Gasteiger partial charge in [-0.1, -0.05) is 44.0 Å². The highest BCUT2D eigenvalue weighted by Crippen LogP contribution is 2.37. The van der Waals surface area contributed by atoms with Gasteiger partial charge in [-0.3, -0.25) is 0 Å². The first-order valence-electron chi connectivity index (χ1n) is 5.03. The van der Waals surface area contributed by atoms with E-state index in [1.54, 1.807) is 18.2 Å². The lowest BCUT2D eigenvalue weighted by atomic mass is 10.0. The van der Waals surface area contributed by atoms with E-state index in [-0.39, 0.29) is 5.82 Å². The fourth-order valence-electron chi connectivity index (χ4n) is 1.59. The molecule has 0 aliphatic heterocycles. The molecule has 0 nitrogen and oxygen atoms in total. The highest BCUT2D eigenvalue weighted by molar-refractivity contribution is 9.11. The second-order valence-electron chi connectivity index (χ2n) is 3.67. The van der Waals surface area contributed by atoms with E-state index in [4.69, 9.17) is 11.6 Å². The van der Waals surface area contributed by atoms with Crippen LogP contribution in [0.15, 0.2) is 49.8 Å². The van der Waals surface area contributed by atoms with Gasteiger partial charge < -0.3 is 0 Å². The summed E-state index contributed by atoms with van der Waals surface area (Å²) < 4.78 is 16.2. The van der Waals surface area contributed by atoms with Crippen LogP contribution in [-0.4, -0.2) is 0 Å². The topological polar surface area (TPSA) is 0 Å². The molecule has 0 bridgehead atoms. The van der Waals surface area contributed by atoms with E-state index >= 15 is 0 Å². The van der Waals surface area contributed by atoms with Gasteiger partial charge in [-0.25, -0.2) is 4.39 Å². The van der Waals surface area contributed by atoms with Crippen molar-refractivity contribution >= 4 is 59.4 Å². The smallest absolute Gasteiger partial charge is 0.142 e. The van der Waals surface area contributed by atoms with Crippen LogP contribution in [0.1, 0.15) is 16.5 Å². The lowest BCUT2D eigenvalue weighted by molar-refractivity contribution is 0.605. The maximum atomic E-state index is 14.0. The summed E-state index contributed by atoms with van der Waals surface area (Å²) in [7, 11) is 0. The lowest BCUT2D eigenvalue weighted by Crippen LogP contribution is -1.98. The minimum atomic E-state index is -0.547. The molecule has 0 aliphatic rings. The van der Waals surface area contributed by atoms with Crippen molar-refractivity contribution in [2.24, 2.45) is 0 Å². The second kappa shape index (κ2) is 6.04. The van der Waals surface area contributed by atoms with Crippen LogP contribution in [0.5, 0.6) is 0 Å². The largest absolute Gasteiger partial charge is 0.205 e. The maximum absolute atomic E-state index is 14.0. The second-order valence-corrected chi connectivity index (χ2v) is 6.73. The van der Waals surface area contributed by atoms with E-state index in [9.17, 15) is 4.39 Å². The van der Waals surface area contributed by atoms with Crippen molar-refractivity contribution in [2.45, 2.75) is 5.38 Å². The predicted octanol–water partition coefficient (Wildman–Crippen LogP) is 6.44. The van der Waals surface area contributed by atoms with Crippen LogP contribution in [-0.2, 0) is 0 Å². The molecular formula is C13H7Br3ClF. The molecule has 0 spiro atoms. The van der Waals surface area contributed by atoms with E-state index in [0.29, 0.717) is 10.0 Å². The number of benzene rings is 2. The van der Waals surface area contributed by atoms with Gasteiger partial charge in [-0.05, 0) is 45.8 Å². The van der Waals surface area contributed by atoms with E-state index in [1.807, 2.05) is 18.2 Å². The van der Waals surface area contributed by atoms with Gasteiger partial charge in [0, 0.05) is 14.5 Å². The number of hydrogen-bond donors (Lipinski definition) is 0. The minimum Gasteiger partial charge on any atom is -0.205 e. The van der Waals surface area contributed by atoms with Gasteiger partial charge in [0.05, 0.1) is 9.85 Å². The van der Waals surface area contributed by atoms with Gasteiger partial charge >= 0.3 is 0 Å². The van der Waals surface area contributed by atoms with Crippen molar-refractivity contribution in [3.63, 3.8) is 0 Å². The van der Waals surface area contributed by atoms with Crippen LogP contribution in [0.25, 0.3) is 0 Å². The average molecular weight is 457 g/mol. The number of hydrogen-bond acceptors (Lipinski definition) is 0. The third-order valence-electron chi connectivity index (χ3n) is 2.49. The number of alkyl halides is 1. The zero-order chi connectivity index (χ0) is 13.3. The Kier molecular flexibility index (Phi) is 4.86. The molecule has 0 fully saturated rings. The molecule has 5 heteroatoms. The van der Waals surface area contributed by atoms with Crippen molar-refractivity contribution in [2.75, 3.05) is 0 Å². The Labute approximate surface area is 135 Å². The molecular weight excluding hydrogens is 450 g/mol. The molecule has 0 heterocycles. The van der Waals surface area contributed by atoms with Gasteiger partial charge in [0.25, 0.3) is 0 Å². The third kappa shape index (κ3) is 2.98. The van der Waals surface area contributed by atoms with E-state index in [1.165, 1.54) is 0 Å². The van der Waals surface area contributed by atoms with Crippen molar-refractivity contribution in [3.8, 4) is 0 Å². The Bertz CT molecular complexity index is 584. The zero-order valence-electron chi connectivity index (χ0n) is 8.93. The summed E-state index contributed by atoms with van der Waals surface area (Å²) in [6.45, 7) is 0. The van der Waals surface area contributed by atoms with Crippen LogP contribution in [0, 0.1) is 5.82 Å². The molecule has 0 aromatic heterocycles. The van der Waals surface area contributed by atoms with Crippen molar-refractivity contribution in [1.29, 1.82) is 0 Å². The van der Waals surface area contributed by atoms with E-state index in [2.05, 4.69) is 47.8 Å². The normalized spacial score (nSPS) is 12.5. The van der Waals surface area contributed by atoms with Gasteiger partial charge in [-0.2, -0.15) is 0 Å². The standard InChI is InChI=1S/C13H7Br3ClF/c14-7-4-5-10(15)9(6-7)12(17)8-2-1-3-11(16)13(8)18/h1-6,12H. The molecule has 0 radical (unpaired) electrons. The first-order valence-corrected chi connectivity index (χ1v) is 7.85. The molecule has 2 aromatic rings. The van der Waals surface area contributed by atoms with Gasteiger partial charge in [0.15, 0.2) is 0 Å². The molecule has 0 N–H and O–H groups in total. The Hall–Kier alpha value is 0.1000. The van der Waals surface area contributed by atoms with Crippen LogP contribution in [0.3, 0.4) is 0 Å². The molecule has 18 heavy (non-hydrogen) atoms. The highest BCUT2D eigenvalue weighted by Gasteiger charge is 2.19. The van der Waals surface area contributed by atoms with Crippen LogP contribution >= 0.6 is 59.4 Å². The monoisotopic (exact) mass is 454 g/mol. The summed E-state index contributed by atoms with van der Waals surface area (Å²) in [5.41, 5.74) is 1.27. The molecule has 2 aromatic carbocycles. The SMILES string of the molecule is Fc1c(Br)cccc1C(Cl)c1cc(Br)ccc1Br. The fourth-order valence-corrected chi connectivity index (χ4v) is 3.31. The van der Waals surface area contributed by atoms with Crippen LogP contribution in [0.2, 0.25) is 0 Å². The number of rotatable bonds is 2. The zero-order valence-corrected chi connectivity index (χ0v) is 14.4. The van der Waals surface area contributed by atoms with Gasteiger partial charge in [-0.15, -0.1) is 11.6 Å². The molecule has 0 saturated carbocycles. The first-order chi connectivity index (χ1) is 8.50. The van der Waals surface area contributed by atoms with E-state index < -0.39 is 5.38 Å². The van der Waals surface area contributed by atoms with Crippen molar-refractivity contribution < 1.29 is 4.39 Å². The summed E-state index contributed by atoms with van der Waals surface area (Å²) in [4.78, 5) is 0. The molecule has 1 atom stereocenters. The van der Waals surface area contributed by atoms with Gasteiger partial charge in [0.1, 0.15) is 5.82 Å². The summed E-state index contributed by atoms with van der Waals surface area (Å²) in [6.07, 6.45) is 0. The summed E-state index contributed by atoms with van der Waals surface area (Å²) >= 11 is 16.4. The average Bonchev–Trinajstić information content (AvgIpc) is 2.35. The van der Waals surface area contributed by atoms with E-state index in [0.717, 1.165) is 14.5 Å². The summed E-state index contributed by atoms with van der Waals surface area (Å²) in [6, 6.07) is 10.8. The summed E-state index contributed by atoms with van der Waals surface area (Å²) in [5.74, 6) is -0.329. The molecule has 2 rings (SSSR count). The molecule has 0 amide bonds. The highest BCUT2D eigenvalue weighted by atomic mass is 79.9. The fraction of sp³-hybridized carbons (Fsp3) is 0.0769. The quantitative estimate of drug-likeness (QED) is 0.456. The molecule has 0 saturated heterocycles. The Balaban J connectivity index is 2.51. The number of halogens is 5. The van der Waals surface area contributed by atoms with Gasteiger partial charge in [0.2, 0.25) is 0 Å². The maximum Gasteiger partial charge on any atom is 0.142 e. The van der Waals surface area contributed by atoms with Crippen molar-refractivity contribution in [3.05, 3.63) is 66.8 Å². The van der Waals surface area contributed by atoms with Crippen LogP contribution < -0.4 is 0 Å². The Morgan fingerprint density at radius 1 is 0.944 bits per heavy atom. The molecule has 1 unspecified atom stereocenters. The lowest BCUT2D eigenvalue weighted by Gasteiger charge is -2.14. The Morgan fingerprint density at radius 3 is 2.39 bits per heavy atom. The summed E-state index contributed by atoms with van der Waals surface area (Å²) in [5, 5.41) is -0.547. The predicted molar refractivity (Wildman–Crippen MR) is 83.6 cm³/mol.